The lowest BCUT2D eigenvalue weighted by atomic mass is 9.66. The summed E-state index contributed by atoms with van der Waals surface area (Å²) in [5.41, 5.74) is -5.77. The third-order valence-electron chi connectivity index (χ3n) is 18.9. The van der Waals surface area contributed by atoms with E-state index >= 15 is 0 Å². The lowest BCUT2D eigenvalue weighted by Gasteiger charge is -2.34. The van der Waals surface area contributed by atoms with Crippen molar-refractivity contribution < 1.29 is 38.1 Å². The highest BCUT2D eigenvalue weighted by Crippen LogP contribution is 2.67. The maximum absolute atomic E-state index is 14.9. The minimum absolute atomic E-state index is 0.0464. The van der Waals surface area contributed by atoms with Crippen molar-refractivity contribution in [2.24, 2.45) is 21.7 Å². The molecule has 4 fully saturated rings. The molecule has 4 atom stereocenters. The van der Waals surface area contributed by atoms with E-state index in [1.807, 2.05) is 27.7 Å². The van der Waals surface area contributed by atoms with E-state index in [-0.39, 0.29) is 89.6 Å². The number of carbonyl (C=O) groups is 4. The lowest BCUT2D eigenvalue weighted by molar-refractivity contribution is -0.176. The summed E-state index contributed by atoms with van der Waals surface area (Å²) in [7, 11) is 0. The van der Waals surface area contributed by atoms with E-state index in [9.17, 15) is 38.4 Å². The summed E-state index contributed by atoms with van der Waals surface area (Å²) in [6.45, 7) is 10.9. The Morgan fingerprint density at radius 3 is 1.12 bits per heavy atom. The molecule has 4 aromatic heterocycles. The van der Waals surface area contributed by atoms with Crippen LogP contribution in [0.5, 0.6) is 11.5 Å². The van der Waals surface area contributed by atoms with E-state index in [0.717, 1.165) is 0 Å². The first-order valence-corrected chi connectivity index (χ1v) is 25.2. The number of esters is 4. The monoisotopic (exact) mass is 1010 g/mol. The summed E-state index contributed by atoms with van der Waals surface area (Å²) in [4.78, 5) is 114. The number of carbonyl (C=O) groups excluding carboxylic acids is 4. The Hall–Kier alpha value is -8.96. The lowest BCUT2D eigenvalue weighted by Crippen LogP contribution is -2.50. The molecule has 0 unspecified atom stereocenters. The molecule has 0 amide bonds. The summed E-state index contributed by atoms with van der Waals surface area (Å²) in [6.07, 6.45) is 1.42. The third-order valence-corrected chi connectivity index (χ3v) is 18.9. The molecule has 374 valence electrons. The van der Waals surface area contributed by atoms with Crippen molar-refractivity contribution in [1.29, 1.82) is 0 Å². The van der Waals surface area contributed by atoms with Gasteiger partial charge in [0.2, 0.25) is 11.2 Å². The average Bonchev–Trinajstić information content (AvgIpc) is 4.01. The van der Waals surface area contributed by atoms with Crippen molar-refractivity contribution in [1.82, 2.24) is 8.80 Å². The van der Waals surface area contributed by atoms with Crippen LogP contribution >= 0.6 is 0 Å². The van der Waals surface area contributed by atoms with E-state index in [1.54, 1.807) is 132 Å². The molecule has 0 radical (unpaired) electrons. The number of rotatable bonds is 4. The van der Waals surface area contributed by atoms with E-state index in [0.29, 0.717) is 45.8 Å². The zero-order valence-corrected chi connectivity index (χ0v) is 42.0. The second kappa shape index (κ2) is 14.5. The number of hydrogen-bond donors (Lipinski definition) is 0. The molecule has 2 saturated carbocycles. The number of hydrogen-bond acceptors (Lipinski definition) is 12. The van der Waals surface area contributed by atoms with Crippen LogP contribution in [0.3, 0.4) is 0 Å². The molecule has 14 rings (SSSR count). The molecule has 2 aliphatic carbocycles. The highest BCUT2D eigenvalue weighted by molar-refractivity contribution is 6.12. The third kappa shape index (κ3) is 5.22. The van der Waals surface area contributed by atoms with Crippen molar-refractivity contribution in [2.75, 3.05) is 0 Å². The largest absolute Gasteiger partial charge is 0.446 e. The average molecular weight is 1010 g/mol. The number of aromatic nitrogens is 2. The molecule has 6 aromatic carbocycles. The first-order valence-electron chi connectivity index (χ1n) is 25.2. The fourth-order valence-electron chi connectivity index (χ4n) is 13.5. The maximum atomic E-state index is 14.9. The second-order valence-electron chi connectivity index (χ2n) is 22.5. The van der Waals surface area contributed by atoms with Gasteiger partial charge >= 0.3 is 23.9 Å². The first kappa shape index (κ1) is 45.6. The Labute approximate surface area is 430 Å². The number of ether oxygens (including phenoxy) is 4. The smallest absolute Gasteiger partial charge is 0.356 e. The number of nitrogens with zero attached hydrogens (tertiary/aromatic N) is 2. The molecule has 14 nitrogen and oxygen atoms in total. The standard InChI is InChI=1S/C62H44N2O12/c1-57(2)59(5)23-25-61(57,75-53(59)69)55(71)73-43-19-11-15-35-47(43)63-41-17-9-7-13-33(41)49(65)37-27-31(29-39(45(37)63)51(35)67)21-22-32-28-38-46-40(30-32)52(68)36-16-12-20-44(48(36)64(46)42-18-10-8-14-34(42)50(38)66)74-56(72)62-26-24-60(6,54(70)76-62)58(62,3)4/h7-20,27-30H,23-26H2,1-6H3/t59-,60-,61+,62+/m0/s1. The van der Waals surface area contributed by atoms with Gasteiger partial charge in [-0.2, -0.15) is 0 Å². The van der Waals surface area contributed by atoms with Crippen LogP contribution in [-0.2, 0) is 28.7 Å². The fraction of sp³-hybridized carbons (Fsp3) is 0.258. The van der Waals surface area contributed by atoms with Gasteiger partial charge in [-0.3, -0.25) is 28.8 Å². The van der Waals surface area contributed by atoms with Gasteiger partial charge in [-0.25, -0.2) is 9.59 Å². The summed E-state index contributed by atoms with van der Waals surface area (Å²) < 4.78 is 27.7. The van der Waals surface area contributed by atoms with Crippen molar-refractivity contribution in [2.45, 2.75) is 78.4 Å². The molecular formula is C62H44N2O12. The van der Waals surface area contributed by atoms with Crippen LogP contribution in [0.15, 0.2) is 128 Å². The number of pyridine rings is 4. The van der Waals surface area contributed by atoms with Crippen molar-refractivity contribution in [3.8, 4) is 23.3 Å². The van der Waals surface area contributed by atoms with Crippen LogP contribution in [-0.4, -0.2) is 43.9 Å². The molecule has 0 N–H and O–H groups in total. The van der Waals surface area contributed by atoms with E-state index < -0.39 is 67.6 Å². The van der Waals surface area contributed by atoms with Crippen molar-refractivity contribution >= 4 is 100 Å². The second-order valence-corrected chi connectivity index (χ2v) is 22.5. The topological polar surface area (TPSA) is 182 Å². The molecule has 14 heteroatoms. The zero-order chi connectivity index (χ0) is 53.0. The first-order chi connectivity index (χ1) is 36.2. The van der Waals surface area contributed by atoms with Crippen LogP contribution in [0.4, 0.5) is 0 Å². The molecule has 6 heterocycles. The molecule has 0 spiro atoms. The fourth-order valence-corrected chi connectivity index (χ4v) is 13.5. The van der Waals surface area contributed by atoms with E-state index in [1.165, 1.54) is 0 Å². The van der Waals surface area contributed by atoms with Crippen molar-refractivity contribution in [3.63, 3.8) is 0 Å². The minimum Gasteiger partial charge on any atom is -0.446 e. The highest BCUT2D eigenvalue weighted by atomic mass is 16.6. The Balaban J connectivity index is 0.938. The van der Waals surface area contributed by atoms with Gasteiger partial charge in [-0.05, 0) is 112 Å². The predicted octanol–water partition coefficient (Wildman–Crippen LogP) is 8.88. The van der Waals surface area contributed by atoms with Gasteiger partial charge < -0.3 is 27.7 Å². The molecule has 76 heavy (non-hydrogen) atoms. The van der Waals surface area contributed by atoms with Crippen LogP contribution in [0.1, 0.15) is 78.4 Å². The van der Waals surface area contributed by atoms with Crippen molar-refractivity contribution in [3.05, 3.63) is 161 Å². The Morgan fingerprint density at radius 2 is 0.776 bits per heavy atom. The van der Waals surface area contributed by atoms with Gasteiger partial charge in [-0.1, -0.05) is 75.9 Å². The quantitative estimate of drug-likeness (QED) is 0.0538. The summed E-state index contributed by atoms with van der Waals surface area (Å²) in [6, 6.07) is 29.9. The van der Waals surface area contributed by atoms with Crippen LogP contribution in [0, 0.1) is 33.5 Å². The van der Waals surface area contributed by atoms with Gasteiger partial charge in [0.25, 0.3) is 0 Å². The maximum Gasteiger partial charge on any atom is 0.356 e. The number of para-hydroxylation sites is 4. The van der Waals surface area contributed by atoms with E-state index in [4.69, 9.17) is 18.9 Å². The number of benzene rings is 6. The van der Waals surface area contributed by atoms with Crippen LogP contribution in [0.2, 0.25) is 0 Å². The van der Waals surface area contributed by atoms with Crippen LogP contribution < -0.4 is 31.2 Å². The Morgan fingerprint density at radius 1 is 0.434 bits per heavy atom. The summed E-state index contributed by atoms with van der Waals surface area (Å²) >= 11 is 0. The summed E-state index contributed by atoms with van der Waals surface area (Å²) in [5.74, 6) is 3.93. The van der Waals surface area contributed by atoms with Crippen LogP contribution in [0.25, 0.3) is 76.2 Å². The normalized spacial score (nSPS) is 24.1. The molecule has 2 saturated heterocycles. The zero-order valence-electron chi connectivity index (χ0n) is 42.0. The SMILES string of the molecule is CC1(C)[C@@]2(C)CC[C@]1(C(=O)Oc1cccc3c(=O)c4cc(C#Cc5cc6c(=O)c7ccccc7n7c8c(OC(=O)[C@@]9%10CC[C@@](C)(C(=O)O9)C%10(C)C)cccc8c(=O)c(c5)c67)cc5c(=O)c6ccccc6n(c13)c54)OC2=O. The molecule has 4 bridgehead atoms. The molecular weight excluding hydrogens is 965 g/mol. The molecule has 2 aliphatic heterocycles. The minimum atomic E-state index is -1.55. The van der Waals surface area contributed by atoms with Gasteiger partial charge in [0.1, 0.15) is 11.0 Å². The molecule has 4 aliphatic rings. The Bertz CT molecular complexity index is 4450. The van der Waals surface area contributed by atoms with Gasteiger partial charge in [0.15, 0.2) is 33.2 Å². The predicted molar refractivity (Wildman–Crippen MR) is 284 cm³/mol. The summed E-state index contributed by atoms with van der Waals surface area (Å²) in [5, 5.41) is 1.69. The van der Waals surface area contributed by atoms with Gasteiger partial charge in [0.05, 0.1) is 43.7 Å². The van der Waals surface area contributed by atoms with E-state index in [2.05, 4.69) is 11.8 Å². The highest BCUT2D eigenvalue weighted by Gasteiger charge is 2.77. The Kier molecular flexibility index (Phi) is 8.68. The molecule has 10 aromatic rings. The number of fused-ring (bicyclic) bond motifs is 12. The van der Waals surface area contributed by atoms with Gasteiger partial charge in [0, 0.05) is 54.3 Å². The van der Waals surface area contributed by atoms with Gasteiger partial charge in [-0.15, -0.1) is 0 Å².